The third kappa shape index (κ3) is 24.9. The summed E-state index contributed by atoms with van der Waals surface area (Å²) in [5.74, 6) is 6.05. The number of fused-ring (bicyclic) bond motifs is 4. The summed E-state index contributed by atoms with van der Waals surface area (Å²) in [7, 11) is -9.37. The van der Waals surface area contributed by atoms with E-state index in [1.54, 1.807) is 73.2 Å². The van der Waals surface area contributed by atoms with Gasteiger partial charge in [0.25, 0.3) is 5.91 Å². The van der Waals surface area contributed by atoms with Crippen LogP contribution in [-0.2, 0) is 82.8 Å². The number of sulfonamides is 2. The van der Waals surface area contributed by atoms with Crippen molar-refractivity contribution in [3.8, 4) is 6.07 Å². The van der Waals surface area contributed by atoms with Gasteiger partial charge in [-0.2, -0.15) is 9.57 Å². The van der Waals surface area contributed by atoms with Crippen molar-refractivity contribution < 1.29 is 40.2 Å². The molecule has 2 N–H and O–H groups in total. The van der Waals surface area contributed by atoms with E-state index in [-0.39, 0.29) is 49.2 Å². The lowest BCUT2D eigenvalue weighted by atomic mass is 9.91. The van der Waals surface area contributed by atoms with Crippen molar-refractivity contribution in [2.24, 2.45) is 5.92 Å². The number of pyridine rings is 3. The average molecular weight is 1790 g/mol. The number of benzene rings is 4. The predicted molar refractivity (Wildman–Crippen MR) is 508 cm³/mol. The fourth-order valence-corrected chi connectivity index (χ4v) is 20.4. The Morgan fingerprint density at radius 3 is 1.73 bits per heavy atom. The third-order valence-corrected chi connectivity index (χ3v) is 28.1. The third-order valence-electron chi connectivity index (χ3n) is 24.4. The van der Waals surface area contributed by atoms with Crippen molar-refractivity contribution >= 4 is 93.2 Å². The molecule has 3 amide bonds. The fourth-order valence-electron chi connectivity index (χ4n) is 17.4. The van der Waals surface area contributed by atoms with E-state index < -0.39 is 35.7 Å². The van der Waals surface area contributed by atoms with Gasteiger partial charge in [0.05, 0.1) is 83.6 Å². The minimum Gasteiger partial charge on any atom is -0.370 e. The number of likely N-dealkylation sites (tertiary alicyclic amines) is 2. The molecule has 0 bridgehead atoms. The van der Waals surface area contributed by atoms with E-state index in [0.29, 0.717) is 86.7 Å². The van der Waals surface area contributed by atoms with Gasteiger partial charge in [-0.3, -0.25) is 37.1 Å². The molecule has 676 valence electrons. The highest BCUT2D eigenvalue weighted by molar-refractivity contribution is 7.97. The monoisotopic (exact) mass is 1790 g/mol. The summed E-state index contributed by atoms with van der Waals surface area (Å²) in [6.45, 7) is 12.8. The average Bonchev–Trinajstić information content (AvgIpc) is 1.65. The molecule has 29 heteroatoms. The first-order chi connectivity index (χ1) is 61.7. The van der Waals surface area contributed by atoms with Gasteiger partial charge in [-0.15, -0.1) is 0 Å². The molecule has 4 aliphatic rings. The normalized spacial score (nSPS) is 15.8. The molecule has 3 aliphatic heterocycles. The standard InChI is InChI=1S/C27H33N3O2S.C25H26N4O3S.C24H27N5O.C23H37N5O3S/c1-33(2,32)30-18-6-3-7-23(30)25(31)16-13-20-9-11-21(12-10-20)19-24-27(22-14-15-22)28-26-8-4-5-17-29(24)26;1-33(31,32)29(21-12-6-3-7-13-21)19-25(30)26-18-22-23(16-15-20-10-4-2-5-11-20)28-17-9-8-14-24(28)27-22;1-2-3-13-26-23-22(27-21-6-4-5-14-29(21)23)19-11-15-28(16-12-19)24(30)20-9-7-18(17-25)8-10-20;1-5-6-7-8-20-23(25-21-15-24-11-14-28(20)21)19-9-12-26(13-10-19)22(29)17-27(16-18(2)3)32(4,30)31/h4-5,8-12,17,22-23H,1,3,6-7,13-16,18-19H2,2H3;2-14,17H,15-16,18-19H2,1H3,(H,26,30);4-10,14,19,26H,2-3,11-13,15-16H2,1H3;11,14-15,18-19H,5-10,12-13,16-17H2,1-4H3. The second-order valence-electron chi connectivity index (χ2n) is 34.6. The van der Waals surface area contributed by atoms with E-state index in [0.717, 1.165) is 158 Å². The van der Waals surface area contributed by atoms with Gasteiger partial charge >= 0.3 is 0 Å². The van der Waals surface area contributed by atoms with Gasteiger partial charge in [-0.1, -0.05) is 144 Å². The van der Waals surface area contributed by atoms with Crippen LogP contribution < -0.4 is 14.9 Å². The van der Waals surface area contributed by atoms with Crippen LogP contribution >= 0.6 is 0 Å². The van der Waals surface area contributed by atoms with E-state index in [2.05, 4.69) is 116 Å². The number of carbonyl (C=O) groups is 4. The highest BCUT2D eigenvalue weighted by atomic mass is 32.2. The van der Waals surface area contributed by atoms with Gasteiger partial charge in [-0.25, -0.2) is 41.1 Å². The Balaban J connectivity index is 0.000000146. The Hall–Kier alpha value is -11.4. The van der Waals surface area contributed by atoms with Crippen LogP contribution in [0.1, 0.15) is 214 Å². The number of unbranched alkanes of at least 4 members (excludes halogenated alkanes) is 3. The van der Waals surface area contributed by atoms with Crippen LogP contribution in [0.25, 0.3) is 22.6 Å². The largest absolute Gasteiger partial charge is 0.370 e. The minimum atomic E-state index is -3.61. The predicted octanol–water partition coefficient (Wildman–Crippen LogP) is 15.1. The van der Waals surface area contributed by atoms with Crippen molar-refractivity contribution in [2.45, 2.75) is 186 Å². The fraction of sp³-hybridized carbons (Fsp3) is 0.424. The molecule has 1 aliphatic carbocycles. The quantitative estimate of drug-likeness (QED) is 0.0285. The number of imidazole rings is 4. The number of nitrogens with zero attached hydrogens (tertiary/aromatic N) is 15. The summed E-state index contributed by atoms with van der Waals surface area (Å²) in [5, 5.41) is 15.4. The van der Waals surface area contributed by atoms with Crippen LogP contribution in [0.15, 0.2) is 201 Å². The molecular weight excluding hydrogens is 1670 g/mol. The Morgan fingerprint density at radius 1 is 0.539 bits per heavy atom. The van der Waals surface area contributed by atoms with Gasteiger partial charge in [0.15, 0.2) is 11.4 Å². The summed E-state index contributed by atoms with van der Waals surface area (Å²) in [6, 6.07) is 54.3. The van der Waals surface area contributed by atoms with Crippen molar-refractivity contribution in [3.05, 3.63) is 269 Å². The zero-order chi connectivity index (χ0) is 90.5. The molecule has 26 nitrogen and oxygen atoms in total. The van der Waals surface area contributed by atoms with E-state index in [1.165, 1.54) is 70.0 Å². The molecule has 1 saturated carbocycles. The molecule has 12 aromatic rings. The van der Waals surface area contributed by atoms with Crippen molar-refractivity contribution in [2.75, 3.05) is 87.3 Å². The van der Waals surface area contributed by atoms with Gasteiger partial charge in [0.2, 0.25) is 31.9 Å². The van der Waals surface area contributed by atoms with Crippen molar-refractivity contribution in [3.63, 3.8) is 0 Å². The molecule has 0 radical (unpaired) electrons. The van der Waals surface area contributed by atoms with Crippen molar-refractivity contribution in [1.29, 1.82) is 5.26 Å². The number of piperidine rings is 3. The van der Waals surface area contributed by atoms with E-state index in [1.807, 2.05) is 105 Å². The van der Waals surface area contributed by atoms with Gasteiger partial charge in [0, 0.05) is 140 Å². The second kappa shape index (κ2) is 44.1. The molecule has 4 fully saturated rings. The molecule has 16 rings (SSSR count). The van der Waals surface area contributed by atoms with Crippen LogP contribution in [-0.4, -0.2) is 195 Å². The molecule has 11 heterocycles. The van der Waals surface area contributed by atoms with Gasteiger partial charge < -0.3 is 33.6 Å². The number of rotatable bonds is 33. The molecular formula is C99H123N17O9S3. The number of nitriles is 1. The number of hydrogen-bond donors (Lipinski definition) is 2. The first kappa shape index (κ1) is 94.2. The molecule has 8 aromatic heterocycles. The molecule has 2 unspecified atom stereocenters. The van der Waals surface area contributed by atoms with Crippen molar-refractivity contribution in [1.82, 2.24) is 66.2 Å². The lowest BCUT2D eigenvalue weighted by Crippen LogP contribution is -2.47. The molecule has 0 spiro atoms. The number of carbonyl (C=O) groups excluding carboxylic acids is 4. The zero-order valence-electron chi connectivity index (χ0n) is 75.0. The topological polar surface area (TPSA) is 300 Å². The Bertz CT molecular complexity index is 6150. The van der Waals surface area contributed by atoms with E-state index in [4.69, 9.17) is 25.2 Å². The first-order valence-electron chi connectivity index (χ1n) is 45.2. The Kier molecular flexibility index (Phi) is 32.4. The number of anilines is 2. The highest BCUT2D eigenvalue weighted by Gasteiger charge is 2.35. The maximum Gasteiger partial charge on any atom is 0.253 e. The summed E-state index contributed by atoms with van der Waals surface area (Å²) in [6.07, 6.45) is 34.8. The smallest absolute Gasteiger partial charge is 0.253 e. The lowest BCUT2D eigenvalue weighted by molar-refractivity contribution is -0.132. The van der Waals surface area contributed by atoms with Crippen LogP contribution in [0.2, 0.25) is 0 Å². The molecule has 2 atom stereocenters. The van der Waals surface area contributed by atoms with E-state index in [9.17, 15) is 40.2 Å². The number of nitrogens with one attached hydrogen (secondary N) is 2. The van der Waals surface area contributed by atoms with E-state index >= 15 is 0 Å². The highest BCUT2D eigenvalue weighted by Crippen LogP contribution is 2.42. The second-order valence-corrected chi connectivity index (χ2v) is 40.9. The number of ketones is 1. The molecule has 3 saturated heterocycles. The zero-order valence-corrected chi connectivity index (χ0v) is 77.4. The summed E-state index contributed by atoms with van der Waals surface area (Å²) < 4.78 is 74.0. The maximum atomic E-state index is 12.9. The lowest BCUT2D eigenvalue weighted by Gasteiger charge is -2.35. The Morgan fingerprint density at radius 2 is 1.10 bits per heavy atom. The first-order valence-corrected chi connectivity index (χ1v) is 51.0. The number of para-hydroxylation sites is 1. The van der Waals surface area contributed by atoms with Crippen LogP contribution in [0, 0.1) is 17.2 Å². The summed E-state index contributed by atoms with van der Waals surface area (Å²) in [4.78, 5) is 78.7. The molecule has 4 aromatic carbocycles. The van der Waals surface area contributed by atoms with Gasteiger partial charge in [-0.05, 0) is 191 Å². The SMILES string of the molecule is C=S(C)(=O)N1CCCCC1C(=O)CCc1ccc(Cc2c(C3CC3)nc3ccccn23)cc1.CCCCCc1c(C2CCN(C(=O)CN(CC(C)C)S(C)(=O)=O)CC2)nc2cnccn12.CCCCNc1c(C2CCN(C(=O)c3ccc(C#N)cc3)CC2)nc2ccccn12.CS(=O)(=O)N(CC(=O)NCc1nc2ccccn2c1CCc1ccccc1)c1ccccc1. The van der Waals surface area contributed by atoms with Crippen LogP contribution in [0.3, 0.4) is 0 Å². The number of aromatic nitrogens is 9. The summed E-state index contributed by atoms with van der Waals surface area (Å²) >= 11 is 0. The number of amides is 3. The number of aryl methyl sites for hydroxylation is 4. The maximum absolute atomic E-state index is 12.9. The summed E-state index contributed by atoms with van der Waals surface area (Å²) in [5.41, 5.74) is 16.9. The minimum absolute atomic E-state index is 0.0363. The Labute approximate surface area is 754 Å². The van der Waals surface area contributed by atoms with Gasteiger partial charge in [0.1, 0.15) is 29.3 Å². The number of Topliss-reactive ketones (excluding diaryl/α,β-unsaturated/α-hetero) is 1. The number of hydrogen-bond acceptors (Lipinski definition) is 16. The molecule has 128 heavy (non-hydrogen) atoms. The van der Waals surface area contributed by atoms with Crippen LogP contribution in [0.5, 0.6) is 0 Å². The van der Waals surface area contributed by atoms with Crippen LogP contribution in [0.4, 0.5) is 11.5 Å².